The molecule has 15 heavy (non-hydrogen) atoms. The molecule has 1 amide bonds. The van der Waals surface area contributed by atoms with Crippen LogP contribution in [0.3, 0.4) is 0 Å². The third-order valence-electron chi connectivity index (χ3n) is 2.57. The fourth-order valence-electron chi connectivity index (χ4n) is 1.50. The quantitative estimate of drug-likeness (QED) is 0.599. The van der Waals surface area contributed by atoms with Crippen molar-refractivity contribution >= 4 is 5.91 Å². The minimum atomic E-state index is 0.161. The lowest BCUT2D eigenvalue weighted by atomic mass is 10.1. The molecule has 0 fully saturated rings. The fraction of sp³-hybridized carbons (Fsp3) is 0.917. The first-order chi connectivity index (χ1) is 7.22. The van der Waals surface area contributed by atoms with E-state index in [0.717, 1.165) is 12.8 Å². The van der Waals surface area contributed by atoms with Crippen molar-refractivity contribution in [2.75, 3.05) is 20.2 Å². The highest BCUT2D eigenvalue weighted by Gasteiger charge is 2.06. The van der Waals surface area contributed by atoms with E-state index in [1.165, 1.54) is 19.3 Å². The molecule has 0 aromatic heterocycles. The van der Waals surface area contributed by atoms with Crippen molar-refractivity contribution in [2.24, 2.45) is 0 Å². The number of amides is 1. The van der Waals surface area contributed by atoms with Crippen molar-refractivity contribution in [3.8, 4) is 0 Å². The van der Waals surface area contributed by atoms with Gasteiger partial charge in [0.1, 0.15) is 0 Å². The van der Waals surface area contributed by atoms with Gasteiger partial charge < -0.3 is 10.0 Å². The van der Waals surface area contributed by atoms with Crippen LogP contribution in [0.15, 0.2) is 0 Å². The third-order valence-corrected chi connectivity index (χ3v) is 2.57. The smallest absolute Gasteiger partial charge is 0.222 e. The van der Waals surface area contributed by atoms with E-state index in [9.17, 15) is 4.79 Å². The van der Waals surface area contributed by atoms with E-state index in [4.69, 9.17) is 5.11 Å². The molecule has 0 spiro atoms. The van der Waals surface area contributed by atoms with Crippen molar-refractivity contribution in [1.29, 1.82) is 0 Å². The number of nitrogens with zero attached hydrogens (tertiary/aromatic N) is 1. The van der Waals surface area contributed by atoms with Crippen LogP contribution in [0.2, 0.25) is 0 Å². The summed E-state index contributed by atoms with van der Waals surface area (Å²) in [4.78, 5) is 13.2. The maximum Gasteiger partial charge on any atom is 0.222 e. The monoisotopic (exact) mass is 215 g/mol. The van der Waals surface area contributed by atoms with Crippen LogP contribution < -0.4 is 0 Å². The van der Waals surface area contributed by atoms with Crippen LogP contribution in [0, 0.1) is 0 Å². The van der Waals surface area contributed by atoms with Gasteiger partial charge in [-0.3, -0.25) is 4.79 Å². The van der Waals surface area contributed by atoms with Crippen LogP contribution in [0.1, 0.15) is 51.9 Å². The van der Waals surface area contributed by atoms with E-state index in [1.807, 2.05) is 7.05 Å². The summed E-state index contributed by atoms with van der Waals surface area (Å²) in [6.07, 6.45) is 7.25. The largest absolute Gasteiger partial charge is 0.396 e. The Hall–Kier alpha value is -0.570. The predicted molar refractivity (Wildman–Crippen MR) is 62.7 cm³/mol. The molecule has 1 N–H and O–H groups in total. The van der Waals surface area contributed by atoms with Crippen LogP contribution in [-0.2, 0) is 4.79 Å². The Labute approximate surface area is 93.5 Å². The maximum absolute atomic E-state index is 11.5. The molecule has 0 radical (unpaired) electrons. The van der Waals surface area contributed by atoms with Gasteiger partial charge in [0.2, 0.25) is 5.91 Å². The number of unbranched alkanes of at least 4 members (excludes halogenated alkanes) is 4. The lowest BCUT2D eigenvalue weighted by Crippen LogP contribution is -2.27. The van der Waals surface area contributed by atoms with E-state index >= 15 is 0 Å². The number of carbonyl (C=O) groups excluding carboxylic acids is 1. The van der Waals surface area contributed by atoms with Crippen molar-refractivity contribution in [3.63, 3.8) is 0 Å². The van der Waals surface area contributed by atoms with Crippen LogP contribution in [-0.4, -0.2) is 36.1 Å². The van der Waals surface area contributed by atoms with Gasteiger partial charge in [0.15, 0.2) is 0 Å². The molecule has 0 aliphatic rings. The highest BCUT2D eigenvalue weighted by Crippen LogP contribution is 2.06. The summed E-state index contributed by atoms with van der Waals surface area (Å²) in [7, 11) is 1.81. The van der Waals surface area contributed by atoms with Crippen molar-refractivity contribution in [2.45, 2.75) is 51.9 Å². The second-order valence-corrected chi connectivity index (χ2v) is 4.06. The zero-order chi connectivity index (χ0) is 11.5. The second-order valence-electron chi connectivity index (χ2n) is 4.06. The minimum absolute atomic E-state index is 0.161. The second kappa shape index (κ2) is 9.97. The minimum Gasteiger partial charge on any atom is -0.396 e. The number of aliphatic hydroxyl groups excluding tert-OH is 1. The Morgan fingerprint density at radius 3 is 2.40 bits per heavy atom. The molecule has 0 bridgehead atoms. The lowest BCUT2D eigenvalue weighted by Gasteiger charge is -2.16. The first-order valence-electron chi connectivity index (χ1n) is 6.07. The van der Waals surface area contributed by atoms with Crippen molar-refractivity contribution < 1.29 is 9.90 Å². The third kappa shape index (κ3) is 8.43. The van der Waals surface area contributed by atoms with Gasteiger partial charge in [-0.15, -0.1) is 0 Å². The number of carbonyl (C=O) groups is 1. The van der Waals surface area contributed by atoms with Crippen LogP contribution in [0.5, 0.6) is 0 Å². The Balaban J connectivity index is 3.38. The van der Waals surface area contributed by atoms with Crippen LogP contribution in [0.25, 0.3) is 0 Å². The highest BCUT2D eigenvalue weighted by atomic mass is 16.3. The Morgan fingerprint density at radius 1 is 1.13 bits per heavy atom. The van der Waals surface area contributed by atoms with Crippen molar-refractivity contribution in [1.82, 2.24) is 4.90 Å². The molecule has 0 aromatic rings. The van der Waals surface area contributed by atoms with E-state index in [1.54, 1.807) is 4.90 Å². The summed E-state index contributed by atoms with van der Waals surface area (Å²) in [6.45, 7) is 3.02. The van der Waals surface area contributed by atoms with E-state index in [2.05, 4.69) is 6.92 Å². The van der Waals surface area contributed by atoms with Gasteiger partial charge in [0, 0.05) is 26.6 Å². The summed E-state index contributed by atoms with van der Waals surface area (Å²) in [5, 5.41) is 8.63. The molecule has 0 atom stereocenters. The van der Waals surface area contributed by atoms with Crippen LogP contribution in [0.4, 0.5) is 0 Å². The summed E-state index contributed by atoms with van der Waals surface area (Å²) in [5.41, 5.74) is 0. The molecule has 0 aliphatic heterocycles. The number of rotatable bonds is 9. The standard InChI is InChI=1S/C12H25NO2/c1-3-4-5-6-7-9-12(15)13(2)10-8-11-14/h14H,3-11H2,1-2H3. The molecule has 0 heterocycles. The van der Waals surface area contributed by atoms with Crippen LogP contribution >= 0.6 is 0 Å². The zero-order valence-electron chi connectivity index (χ0n) is 10.2. The predicted octanol–water partition coefficient (Wildman–Crippen LogP) is 2.19. The highest BCUT2D eigenvalue weighted by molar-refractivity contribution is 5.75. The lowest BCUT2D eigenvalue weighted by molar-refractivity contribution is -0.130. The number of aliphatic hydroxyl groups is 1. The average Bonchev–Trinajstić information content (AvgIpc) is 2.25. The van der Waals surface area contributed by atoms with E-state index in [0.29, 0.717) is 19.4 Å². The Bertz CT molecular complexity index is 160. The van der Waals surface area contributed by atoms with Crippen molar-refractivity contribution in [3.05, 3.63) is 0 Å². The molecule has 3 nitrogen and oxygen atoms in total. The molecule has 0 saturated carbocycles. The molecular weight excluding hydrogens is 190 g/mol. The molecule has 3 heteroatoms. The molecule has 0 saturated heterocycles. The molecule has 0 aliphatic carbocycles. The summed E-state index contributed by atoms with van der Waals surface area (Å²) in [6, 6.07) is 0. The zero-order valence-corrected chi connectivity index (χ0v) is 10.2. The summed E-state index contributed by atoms with van der Waals surface area (Å²) in [5.74, 6) is 0.208. The van der Waals surface area contributed by atoms with Gasteiger partial charge in [0.25, 0.3) is 0 Å². The van der Waals surface area contributed by atoms with Gasteiger partial charge in [-0.2, -0.15) is 0 Å². The maximum atomic E-state index is 11.5. The van der Waals surface area contributed by atoms with E-state index in [-0.39, 0.29) is 12.5 Å². The van der Waals surface area contributed by atoms with Gasteiger partial charge in [-0.1, -0.05) is 32.6 Å². The summed E-state index contributed by atoms with van der Waals surface area (Å²) >= 11 is 0. The SMILES string of the molecule is CCCCCCCC(=O)N(C)CCCO. The molecule has 0 aromatic carbocycles. The topological polar surface area (TPSA) is 40.5 Å². The summed E-state index contributed by atoms with van der Waals surface area (Å²) < 4.78 is 0. The van der Waals surface area contributed by atoms with Gasteiger partial charge in [-0.25, -0.2) is 0 Å². The van der Waals surface area contributed by atoms with Gasteiger partial charge >= 0.3 is 0 Å². The first-order valence-corrected chi connectivity index (χ1v) is 6.07. The Kier molecular flexibility index (Phi) is 9.59. The fourth-order valence-corrected chi connectivity index (χ4v) is 1.50. The molecular formula is C12H25NO2. The normalized spacial score (nSPS) is 10.3. The van der Waals surface area contributed by atoms with Gasteiger partial charge in [-0.05, 0) is 12.8 Å². The van der Waals surface area contributed by atoms with E-state index < -0.39 is 0 Å². The van der Waals surface area contributed by atoms with Gasteiger partial charge in [0.05, 0.1) is 0 Å². The molecule has 0 rings (SSSR count). The number of hydrogen-bond donors (Lipinski definition) is 1. The number of hydrogen-bond acceptors (Lipinski definition) is 2. The Morgan fingerprint density at radius 2 is 1.80 bits per heavy atom. The average molecular weight is 215 g/mol. The first kappa shape index (κ1) is 14.4. The molecule has 0 unspecified atom stereocenters. The molecule has 90 valence electrons.